The van der Waals surface area contributed by atoms with Gasteiger partial charge in [0.15, 0.2) is 0 Å². The Labute approximate surface area is 168 Å². The van der Waals surface area contributed by atoms with Crippen LogP contribution < -0.4 is 0 Å². The van der Waals surface area contributed by atoms with Crippen LogP contribution in [0.15, 0.2) is 4.99 Å². The molecule has 3 rings (SSSR count). The molecule has 2 saturated heterocycles. The Morgan fingerprint density at radius 1 is 1.00 bits per heavy atom. The molecule has 3 aliphatic rings. The van der Waals surface area contributed by atoms with Crippen molar-refractivity contribution in [3.05, 3.63) is 0 Å². The van der Waals surface area contributed by atoms with E-state index in [1.165, 1.54) is 37.0 Å². The standard InChI is InChI=1S/C21H35N3O4/c1-19(2,3)27-17(25)22-16-23(18(26)28-20(4,5)6)13-15-12-21(14-24(15)16)10-8-7-9-11-21/h15H,7-14H2,1-6H3/b22-16-. The number of guanidine groups is 1. The average Bonchev–Trinajstić information content (AvgIpc) is 3.00. The molecule has 28 heavy (non-hydrogen) atoms. The zero-order valence-electron chi connectivity index (χ0n) is 18.2. The first kappa shape index (κ1) is 20.9. The fourth-order valence-electron chi connectivity index (χ4n) is 4.64. The van der Waals surface area contributed by atoms with Crippen molar-refractivity contribution in [3.63, 3.8) is 0 Å². The van der Waals surface area contributed by atoms with Crippen LogP contribution in [0.4, 0.5) is 9.59 Å². The van der Waals surface area contributed by atoms with E-state index < -0.39 is 23.4 Å². The summed E-state index contributed by atoms with van der Waals surface area (Å²) in [7, 11) is 0. The van der Waals surface area contributed by atoms with E-state index in [-0.39, 0.29) is 11.5 Å². The number of aliphatic imine (C=N–C) groups is 1. The van der Waals surface area contributed by atoms with Crippen LogP contribution in [0.1, 0.15) is 80.1 Å². The number of carbonyl (C=O) groups is 2. The van der Waals surface area contributed by atoms with Crippen molar-refractivity contribution >= 4 is 18.1 Å². The van der Waals surface area contributed by atoms with Crippen molar-refractivity contribution in [3.8, 4) is 0 Å². The molecule has 0 aromatic rings. The van der Waals surface area contributed by atoms with E-state index in [2.05, 4.69) is 9.89 Å². The van der Waals surface area contributed by atoms with E-state index in [0.29, 0.717) is 12.5 Å². The number of nitrogens with zero attached hydrogens (tertiary/aromatic N) is 3. The summed E-state index contributed by atoms with van der Waals surface area (Å²) in [6, 6.07) is 0.187. The van der Waals surface area contributed by atoms with Gasteiger partial charge in [0.1, 0.15) is 11.2 Å². The number of fused-ring (bicyclic) bond motifs is 1. The van der Waals surface area contributed by atoms with Gasteiger partial charge in [0.05, 0.1) is 12.6 Å². The molecule has 1 saturated carbocycles. The lowest BCUT2D eigenvalue weighted by atomic mass is 9.72. The normalized spacial score (nSPS) is 25.9. The van der Waals surface area contributed by atoms with E-state index in [9.17, 15) is 9.59 Å². The number of carbonyl (C=O) groups excluding carboxylic acids is 2. The quantitative estimate of drug-likeness (QED) is 0.604. The Morgan fingerprint density at radius 2 is 1.61 bits per heavy atom. The predicted octanol–water partition coefficient (Wildman–Crippen LogP) is 4.55. The zero-order valence-corrected chi connectivity index (χ0v) is 18.2. The molecule has 2 aliphatic heterocycles. The summed E-state index contributed by atoms with van der Waals surface area (Å²) in [5, 5.41) is 0. The van der Waals surface area contributed by atoms with Gasteiger partial charge in [-0.25, -0.2) is 14.5 Å². The van der Waals surface area contributed by atoms with Gasteiger partial charge >= 0.3 is 12.2 Å². The number of hydrogen-bond donors (Lipinski definition) is 0. The molecular formula is C21H35N3O4. The number of hydrogen-bond acceptors (Lipinski definition) is 4. The molecule has 0 radical (unpaired) electrons. The van der Waals surface area contributed by atoms with Crippen LogP contribution in [0.2, 0.25) is 0 Å². The maximum absolute atomic E-state index is 12.8. The van der Waals surface area contributed by atoms with Crippen LogP contribution in [-0.2, 0) is 9.47 Å². The Morgan fingerprint density at radius 3 is 2.18 bits per heavy atom. The number of amides is 2. The summed E-state index contributed by atoms with van der Waals surface area (Å²) in [5.74, 6) is 0.385. The molecule has 3 fully saturated rings. The van der Waals surface area contributed by atoms with Crippen molar-refractivity contribution in [2.75, 3.05) is 13.1 Å². The van der Waals surface area contributed by atoms with Crippen molar-refractivity contribution in [2.24, 2.45) is 10.4 Å². The Balaban J connectivity index is 1.84. The molecule has 1 spiro atoms. The maximum Gasteiger partial charge on any atom is 0.437 e. The number of ether oxygens (including phenoxy) is 2. The molecule has 1 unspecified atom stereocenters. The van der Waals surface area contributed by atoms with Crippen LogP contribution in [0.3, 0.4) is 0 Å². The van der Waals surface area contributed by atoms with Crippen LogP contribution in [-0.4, -0.2) is 58.3 Å². The lowest BCUT2D eigenvalue weighted by molar-refractivity contribution is 0.0372. The lowest BCUT2D eigenvalue weighted by Crippen LogP contribution is -2.43. The van der Waals surface area contributed by atoms with Gasteiger partial charge in [-0.2, -0.15) is 0 Å². The summed E-state index contributed by atoms with van der Waals surface area (Å²) in [6.07, 6.45) is 6.17. The first-order valence-electron chi connectivity index (χ1n) is 10.5. The average molecular weight is 394 g/mol. The van der Waals surface area contributed by atoms with Gasteiger partial charge in [-0.1, -0.05) is 19.3 Å². The highest BCUT2D eigenvalue weighted by Crippen LogP contribution is 2.48. The molecule has 2 heterocycles. The topological polar surface area (TPSA) is 71.4 Å². The molecule has 7 heteroatoms. The van der Waals surface area contributed by atoms with Gasteiger partial charge in [-0.05, 0) is 66.2 Å². The molecule has 1 atom stereocenters. The monoisotopic (exact) mass is 393 g/mol. The second-order valence-electron chi connectivity index (χ2n) is 10.5. The fraction of sp³-hybridized carbons (Fsp3) is 0.857. The molecular weight excluding hydrogens is 358 g/mol. The minimum absolute atomic E-state index is 0.187. The lowest BCUT2D eigenvalue weighted by Gasteiger charge is -2.34. The maximum atomic E-state index is 12.8. The van der Waals surface area contributed by atoms with Crippen molar-refractivity contribution < 1.29 is 19.1 Å². The van der Waals surface area contributed by atoms with E-state index in [4.69, 9.17) is 9.47 Å². The molecule has 2 amide bonds. The molecule has 0 aromatic carbocycles. The molecule has 158 valence electrons. The first-order valence-corrected chi connectivity index (χ1v) is 10.5. The second-order valence-corrected chi connectivity index (χ2v) is 10.5. The highest BCUT2D eigenvalue weighted by Gasteiger charge is 2.52. The summed E-state index contributed by atoms with van der Waals surface area (Å²) in [6.45, 7) is 12.3. The van der Waals surface area contributed by atoms with Gasteiger partial charge in [0.2, 0.25) is 5.96 Å². The number of rotatable bonds is 0. The summed E-state index contributed by atoms with van der Waals surface area (Å²) >= 11 is 0. The molecule has 7 nitrogen and oxygen atoms in total. The van der Waals surface area contributed by atoms with Gasteiger partial charge in [0.25, 0.3) is 0 Å². The Hall–Kier alpha value is -1.79. The zero-order chi connectivity index (χ0) is 20.7. The summed E-state index contributed by atoms with van der Waals surface area (Å²) in [5.41, 5.74) is -0.950. The second kappa shape index (κ2) is 7.23. The third-order valence-corrected chi connectivity index (χ3v) is 5.62. The van der Waals surface area contributed by atoms with Gasteiger partial charge in [0, 0.05) is 6.54 Å². The fourth-order valence-corrected chi connectivity index (χ4v) is 4.64. The summed E-state index contributed by atoms with van der Waals surface area (Å²) in [4.78, 5) is 33.1. The van der Waals surface area contributed by atoms with Gasteiger partial charge in [-0.3, -0.25) is 0 Å². The van der Waals surface area contributed by atoms with E-state index in [1.54, 1.807) is 20.8 Å². The smallest absolute Gasteiger partial charge is 0.437 e. The van der Waals surface area contributed by atoms with Crippen molar-refractivity contribution in [1.29, 1.82) is 0 Å². The van der Waals surface area contributed by atoms with Crippen LogP contribution >= 0.6 is 0 Å². The van der Waals surface area contributed by atoms with Gasteiger partial charge in [-0.15, -0.1) is 4.99 Å². The predicted molar refractivity (Wildman–Crippen MR) is 107 cm³/mol. The third-order valence-electron chi connectivity index (χ3n) is 5.62. The first-order chi connectivity index (χ1) is 12.9. The molecule has 0 aromatic heterocycles. The summed E-state index contributed by atoms with van der Waals surface area (Å²) < 4.78 is 10.9. The third kappa shape index (κ3) is 4.78. The van der Waals surface area contributed by atoms with E-state index in [1.807, 2.05) is 20.8 Å². The van der Waals surface area contributed by atoms with Crippen molar-refractivity contribution in [2.45, 2.75) is 97.3 Å². The Bertz CT molecular complexity index is 654. The van der Waals surface area contributed by atoms with E-state index in [0.717, 1.165) is 13.0 Å². The van der Waals surface area contributed by atoms with E-state index >= 15 is 0 Å². The van der Waals surface area contributed by atoms with Crippen LogP contribution in [0.25, 0.3) is 0 Å². The van der Waals surface area contributed by atoms with Crippen LogP contribution in [0.5, 0.6) is 0 Å². The molecule has 0 N–H and O–H groups in total. The largest absolute Gasteiger partial charge is 0.443 e. The Kier molecular flexibility index (Phi) is 5.40. The highest BCUT2D eigenvalue weighted by molar-refractivity contribution is 6.00. The highest BCUT2D eigenvalue weighted by atomic mass is 16.6. The van der Waals surface area contributed by atoms with Crippen LogP contribution in [0, 0.1) is 5.41 Å². The molecule has 1 aliphatic carbocycles. The van der Waals surface area contributed by atoms with Gasteiger partial charge < -0.3 is 14.4 Å². The SMILES string of the molecule is CC(C)(C)OC(=O)/N=C1/N(C(=O)OC(C)(C)C)CC2CC3(CCCCC3)CN12. The minimum Gasteiger partial charge on any atom is -0.443 e. The van der Waals surface area contributed by atoms with Crippen molar-refractivity contribution in [1.82, 2.24) is 9.80 Å². The minimum atomic E-state index is -0.665. The molecule has 0 bridgehead atoms.